The van der Waals surface area contributed by atoms with E-state index in [0.29, 0.717) is 6.61 Å². The molecule has 44 valence electrons. The topological polar surface area (TPSA) is 26.3 Å². The Morgan fingerprint density at radius 1 is 1.62 bits per heavy atom. The maximum Gasteiger partial charge on any atom is 0.125 e. The van der Waals surface area contributed by atoms with Crippen molar-refractivity contribution in [2.75, 3.05) is 13.2 Å². The maximum atomic E-state index is 9.92. The first-order chi connectivity index (χ1) is 3.93. The van der Waals surface area contributed by atoms with Crippen LogP contribution in [0.1, 0.15) is 12.8 Å². The average molecular weight is 112 g/mol. The van der Waals surface area contributed by atoms with Crippen LogP contribution in [0.15, 0.2) is 5.57 Å². The molecular weight excluding hydrogens is 104 g/mol. The molecule has 0 atom stereocenters. The van der Waals surface area contributed by atoms with E-state index < -0.39 is 0 Å². The highest BCUT2D eigenvalue weighted by molar-refractivity contribution is 5.52. The zero-order chi connectivity index (χ0) is 5.82. The Bertz CT molecular complexity index is 114. The number of ether oxygens (including phenoxy) is 1. The van der Waals surface area contributed by atoms with Crippen molar-refractivity contribution in [2.45, 2.75) is 12.8 Å². The molecule has 1 heterocycles. The van der Waals surface area contributed by atoms with Crippen LogP contribution in [0.3, 0.4) is 0 Å². The molecular formula is C6H8O2. The smallest absolute Gasteiger partial charge is 0.125 e. The van der Waals surface area contributed by atoms with E-state index in [1.807, 2.05) is 5.94 Å². The third-order valence-corrected chi connectivity index (χ3v) is 1.19. The predicted octanol–water partition coefficient (Wildman–Crippen LogP) is 0.555. The Hall–Kier alpha value is -0.590. The molecule has 0 aromatic rings. The lowest BCUT2D eigenvalue weighted by molar-refractivity contribution is 0.131. The van der Waals surface area contributed by atoms with Crippen LogP contribution < -0.4 is 0 Å². The van der Waals surface area contributed by atoms with E-state index in [1.54, 1.807) is 0 Å². The summed E-state index contributed by atoms with van der Waals surface area (Å²) in [7, 11) is 0. The highest BCUT2D eigenvalue weighted by Gasteiger charge is 2.04. The van der Waals surface area contributed by atoms with Gasteiger partial charge in [-0.05, 0) is 12.8 Å². The molecule has 2 heteroatoms. The fraction of sp³-hybridized carbons (Fsp3) is 0.667. The molecule has 1 rings (SSSR count). The van der Waals surface area contributed by atoms with Crippen LogP contribution in [-0.4, -0.2) is 19.2 Å². The Morgan fingerprint density at radius 2 is 2.50 bits per heavy atom. The molecule has 8 heavy (non-hydrogen) atoms. The minimum atomic E-state index is 0.503. The Morgan fingerprint density at radius 3 is 2.88 bits per heavy atom. The van der Waals surface area contributed by atoms with Gasteiger partial charge in [0.2, 0.25) is 0 Å². The van der Waals surface area contributed by atoms with Gasteiger partial charge in [-0.1, -0.05) is 0 Å². The summed E-state index contributed by atoms with van der Waals surface area (Å²) in [4.78, 5) is 9.92. The summed E-state index contributed by atoms with van der Waals surface area (Å²) in [5, 5.41) is 0. The van der Waals surface area contributed by atoms with E-state index >= 15 is 0 Å². The summed E-state index contributed by atoms with van der Waals surface area (Å²) in [6.07, 6.45) is 1.86. The Balaban J connectivity index is 2.45. The van der Waals surface area contributed by atoms with Crippen molar-refractivity contribution in [1.82, 2.24) is 0 Å². The van der Waals surface area contributed by atoms with Crippen molar-refractivity contribution >= 4 is 5.94 Å². The molecule has 2 nitrogen and oxygen atoms in total. The fourth-order valence-corrected chi connectivity index (χ4v) is 0.736. The molecule has 0 aliphatic carbocycles. The molecule has 1 aliphatic heterocycles. The van der Waals surface area contributed by atoms with E-state index in [9.17, 15) is 4.79 Å². The van der Waals surface area contributed by atoms with Gasteiger partial charge in [-0.15, -0.1) is 0 Å². The summed E-state index contributed by atoms with van der Waals surface area (Å²) in [6, 6.07) is 0. The second kappa shape index (κ2) is 2.65. The molecule has 1 fully saturated rings. The second-order valence-electron chi connectivity index (χ2n) is 1.86. The standard InChI is InChI=1S/C6H8O2/c7-4-6-2-1-3-8-5-6/h1-3,5H2. The van der Waals surface area contributed by atoms with Crippen LogP contribution in [0.5, 0.6) is 0 Å². The monoisotopic (exact) mass is 112 g/mol. The normalized spacial score (nSPS) is 20.2. The van der Waals surface area contributed by atoms with Gasteiger partial charge in [0.1, 0.15) is 5.94 Å². The number of hydrogen-bond donors (Lipinski definition) is 0. The van der Waals surface area contributed by atoms with Crippen LogP contribution in [-0.2, 0) is 9.53 Å². The molecule has 1 aliphatic rings. The van der Waals surface area contributed by atoms with Gasteiger partial charge in [0.25, 0.3) is 0 Å². The number of carbonyl (C=O) groups excluding carboxylic acids is 1. The zero-order valence-corrected chi connectivity index (χ0v) is 4.64. The van der Waals surface area contributed by atoms with Gasteiger partial charge in [-0.3, -0.25) is 0 Å². The molecule has 0 bridgehead atoms. The van der Waals surface area contributed by atoms with E-state index in [1.165, 1.54) is 0 Å². The molecule has 0 spiro atoms. The van der Waals surface area contributed by atoms with E-state index in [4.69, 9.17) is 4.74 Å². The maximum absolute atomic E-state index is 9.92. The lowest BCUT2D eigenvalue weighted by Crippen LogP contribution is -2.07. The SMILES string of the molecule is O=C=C1CCCOC1. The first-order valence-corrected chi connectivity index (χ1v) is 2.74. The van der Waals surface area contributed by atoms with Gasteiger partial charge in [-0.25, -0.2) is 4.79 Å². The van der Waals surface area contributed by atoms with Crippen molar-refractivity contribution in [2.24, 2.45) is 0 Å². The third kappa shape index (κ3) is 1.19. The molecule has 1 saturated heterocycles. The van der Waals surface area contributed by atoms with Gasteiger partial charge in [-0.2, -0.15) is 0 Å². The summed E-state index contributed by atoms with van der Waals surface area (Å²) >= 11 is 0. The van der Waals surface area contributed by atoms with Crippen molar-refractivity contribution in [3.05, 3.63) is 5.57 Å². The first kappa shape index (κ1) is 5.54. The van der Waals surface area contributed by atoms with Crippen molar-refractivity contribution in [1.29, 1.82) is 0 Å². The predicted molar refractivity (Wildman–Crippen MR) is 29.3 cm³/mol. The molecule has 0 N–H and O–H groups in total. The van der Waals surface area contributed by atoms with Crippen molar-refractivity contribution in [3.63, 3.8) is 0 Å². The lowest BCUT2D eigenvalue weighted by atomic mass is 10.1. The van der Waals surface area contributed by atoms with E-state index in [0.717, 1.165) is 25.0 Å². The average Bonchev–Trinajstić information content (AvgIpc) is 1.90. The minimum absolute atomic E-state index is 0.503. The number of hydrogen-bond acceptors (Lipinski definition) is 2. The fourth-order valence-electron chi connectivity index (χ4n) is 0.736. The highest BCUT2D eigenvalue weighted by atomic mass is 16.5. The van der Waals surface area contributed by atoms with Gasteiger partial charge in [0.05, 0.1) is 6.61 Å². The molecule has 0 aromatic carbocycles. The molecule has 0 radical (unpaired) electrons. The molecule has 0 amide bonds. The van der Waals surface area contributed by atoms with Gasteiger partial charge in [0.15, 0.2) is 0 Å². The van der Waals surface area contributed by atoms with Crippen LogP contribution in [0, 0.1) is 0 Å². The molecule has 0 aromatic heterocycles. The quantitative estimate of drug-likeness (QED) is 0.428. The zero-order valence-electron chi connectivity index (χ0n) is 4.64. The Labute approximate surface area is 48.1 Å². The minimum Gasteiger partial charge on any atom is -0.376 e. The second-order valence-corrected chi connectivity index (χ2v) is 1.86. The van der Waals surface area contributed by atoms with Crippen molar-refractivity contribution in [3.8, 4) is 0 Å². The van der Waals surface area contributed by atoms with Crippen LogP contribution in [0.4, 0.5) is 0 Å². The first-order valence-electron chi connectivity index (χ1n) is 2.74. The van der Waals surface area contributed by atoms with E-state index in [-0.39, 0.29) is 0 Å². The van der Waals surface area contributed by atoms with Gasteiger partial charge < -0.3 is 4.74 Å². The summed E-state index contributed by atoms with van der Waals surface area (Å²) < 4.78 is 4.97. The molecule has 0 unspecified atom stereocenters. The Kier molecular flexibility index (Phi) is 1.84. The third-order valence-electron chi connectivity index (χ3n) is 1.19. The number of rotatable bonds is 0. The summed E-state index contributed by atoms with van der Waals surface area (Å²) in [6.45, 7) is 1.30. The van der Waals surface area contributed by atoms with Crippen molar-refractivity contribution < 1.29 is 9.53 Å². The van der Waals surface area contributed by atoms with E-state index in [2.05, 4.69) is 0 Å². The largest absolute Gasteiger partial charge is 0.376 e. The highest BCUT2D eigenvalue weighted by Crippen LogP contribution is 2.07. The van der Waals surface area contributed by atoms with Crippen LogP contribution in [0.25, 0.3) is 0 Å². The lowest BCUT2D eigenvalue weighted by Gasteiger charge is -2.09. The summed E-state index contributed by atoms with van der Waals surface area (Å²) in [5.41, 5.74) is 0.774. The van der Waals surface area contributed by atoms with Gasteiger partial charge in [0, 0.05) is 12.2 Å². The van der Waals surface area contributed by atoms with Crippen LogP contribution >= 0.6 is 0 Å². The van der Waals surface area contributed by atoms with Crippen LogP contribution in [0.2, 0.25) is 0 Å². The molecule has 0 saturated carbocycles. The van der Waals surface area contributed by atoms with Gasteiger partial charge >= 0.3 is 0 Å². The summed E-state index contributed by atoms with van der Waals surface area (Å²) in [5.74, 6) is 1.85.